The summed E-state index contributed by atoms with van der Waals surface area (Å²) in [6.45, 7) is 9.67. The first-order valence-corrected chi connectivity index (χ1v) is 10.4. The predicted molar refractivity (Wildman–Crippen MR) is 114 cm³/mol. The van der Waals surface area contributed by atoms with E-state index in [1.165, 1.54) is 0 Å². The molecular weight excluding hydrogens is 406 g/mol. The Labute approximate surface area is 180 Å². The number of carbonyl (C=O) groups excluding carboxylic acids is 2. The van der Waals surface area contributed by atoms with Crippen LogP contribution in [0.5, 0.6) is 0 Å². The van der Waals surface area contributed by atoms with Crippen molar-refractivity contribution in [3.63, 3.8) is 0 Å². The van der Waals surface area contributed by atoms with Crippen LogP contribution in [0.2, 0.25) is 5.02 Å². The van der Waals surface area contributed by atoms with Gasteiger partial charge in [-0.25, -0.2) is 14.6 Å². The summed E-state index contributed by atoms with van der Waals surface area (Å²) in [5.74, 6) is -0.503. The Kier molecular flexibility index (Phi) is 5.23. The zero-order valence-electron chi connectivity index (χ0n) is 17.6. The van der Waals surface area contributed by atoms with Crippen molar-refractivity contribution < 1.29 is 14.3 Å². The topological polar surface area (TPSA) is 79.7 Å². The molecule has 8 nitrogen and oxygen atoms in total. The molecule has 2 aromatic rings. The van der Waals surface area contributed by atoms with Gasteiger partial charge < -0.3 is 15.0 Å². The number of hydrogen-bond acceptors (Lipinski definition) is 5. The van der Waals surface area contributed by atoms with E-state index in [9.17, 15) is 9.59 Å². The number of aromatic nitrogens is 2. The lowest BCUT2D eigenvalue weighted by Crippen LogP contribution is -2.55. The van der Waals surface area contributed by atoms with E-state index < -0.39 is 11.6 Å². The number of piperazine rings is 1. The molecule has 0 bridgehead atoms. The summed E-state index contributed by atoms with van der Waals surface area (Å²) in [5, 5.41) is 3.88. The first-order chi connectivity index (χ1) is 14.1. The summed E-state index contributed by atoms with van der Waals surface area (Å²) in [4.78, 5) is 34.0. The lowest BCUT2D eigenvalue weighted by Gasteiger charge is -2.38. The number of anilines is 1. The van der Waals surface area contributed by atoms with E-state index in [-0.39, 0.29) is 24.3 Å². The van der Waals surface area contributed by atoms with E-state index in [1.807, 2.05) is 36.3 Å². The number of rotatable bonds is 1. The van der Waals surface area contributed by atoms with Crippen molar-refractivity contribution >= 4 is 29.3 Å². The number of imidazole rings is 1. The summed E-state index contributed by atoms with van der Waals surface area (Å²) in [5.41, 5.74) is 1.64. The molecule has 1 aromatic carbocycles. The van der Waals surface area contributed by atoms with Crippen LogP contribution in [0.1, 0.15) is 43.9 Å². The number of benzene rings is 1. The number of fused-ring (bicyclic) bond motifs is 3. The van der Waals surface area contributed by atoms with Crippen LogP contribution in [-0.4, -0.2) is 57.7 Å². The minimum absolute atomic E-state index is 0.116. The van der Waals surface area contributed by atoms with Crippen LogP contribution in [0.4, 0.5) is 10.5 Å². The Bertz CT molecular complexity index is 997. The van der Waals surface area contributed by atoms with Gasteiger partial charge in [-0.15, -0.1) is 0 Å². The third kappa shape index (κ3) is 3.89. The molecule has 2 amide bonds. The maximum atomic E-state index is 13.4. The normalized spacial score (nSPS) is 18.6. The van der Waals surface area contributed by atoms with Crippen molar-refractivity contribution in [2.75, 3.05) is 24.5 Å². The molecule has 0 aliphatic carbocycles. The van der Waals surface area contributed by atoms with Crippen LogP contribution in [0.25, 0.3) is 5.69 Å². The smallest absolute Gasteiger partial charge is 0.359 e. The van der Waals surface area contributed by atoms with Gasteiger partial charge in [0, 0.05) is 30.7 Å². The van der Waals surface area contributed by atoms with Gasteiger partial charge in [0.25, 0.3) is 0 Å². The molecule has 0 unspecified atom stereocenters. The summed E-state index contributed by atoms with van der Waals surface area (Å²) >= 11 is 6.25. The monoisotopic (exact) mass is 431 g/mol. The van der Waals surface area contributed by atoms with Crippen molar-refractivity contribution in [3.05, 3.63) is 40.9 Å². The second-order valence-corrected chi connectivity index (χ2v) is 9.15. The van der Waals surface area contributed by atoms with Crippen molar-refractivity contribution in [1.29, 1.82) is 0 Å². The highest BCUT2D eigenvalue weighted by molar-refractivity contribution is 6.31. The lowest BCUT2D eigenvalue weighted by atomic mass is 10.1. The number of amides is 2. The minimum Gasteiger partial charge on any atom is -0.455 e. The summed E-state index contributed by atoms with van der Waals surface area (Å²) in [7, 11) is 0. The highest BCUT2D eigenvalue weighted by Crippen LogP contribution is 2.36. The van der Waals surface area contributed by atoms with E-state index in [2.05, 4.69) is 17.2 Å². The molecule has 1 aromatic heterocycles. The third-order valence-electron chi connectivity index (χ3n) is 5.12. The van der Waals surface area contributed by atoms with Gasteiger partial charge in [0.15, 0.2) is 5.69 Å². The molecule has 160 valence electrons. The standard InChI is InChI=1S/C21H26ClN5O3/c1-13-10-25(8-7-23-13)20(29)26-11-17-18(19(28)30-21(2,3)4)24-12-27(17)15-6-5-14(22)9-16(15)26/h5-6,9,12-13,23H,7-8,10-11H2,1-4H3/t13-/m0/s1. The zero-order valence-corrected chi connectivity index (χ0v) is 18.4. The fourth-order valence-electron chi connectivity index (χ4n) is 3.83. The number of urea groups is 1. The molecule has 0 radical (unpaired) electrons. The average molecular weight is 432 g/mol. The van der Waals surface area contributed by atoms with Gasteiger partial charge in [-0.1, -0.05) is 11.6 Å². The predicted octanol–water partition coefficient (Wildman–Crippen LogP) is 3.21. The van der Waals surface area contributed by atoms with Crippen LogP contribution in [0.3, 0.4) is 0 Å². The first-order valence-electron chi connectivity index (χ1n) is 10.0. The highest BCUT2D eigenvalue weighted by Gasteiger charge is 2.35. The Morgan fingerprint density at radius 3 is 2.73 bits per heavy atom. The fourth-order valence-corrected chi connectivity index (χ4v) is 3.99. The average Bonchev–Trinajstić information content (AvgIpc) is 3.09. The second-order valence-electron chi connectivity index (χ2n) is 8.71. The van der Waals surface area contributed by atoms with Gasteiger partial charge in [-0.2, -0.15) is 0 Å². The molecule has 1 N–H and O–H groups in total. The molecule has 1 atom stereocenters. The zero-order chi connectivity index (χ0) is 21.6. The molecule has 0 saturated carbocycles. The minimum atomic E-state index is -0.639. The number of nitrogens with one attached hydrogen (secondary N) is 1. The van der Waals surface area contributed by atoms with E-state index in [1.54, 1.807) is 23.4 Å². The molecule has 0 spiro atoms. The fraction of sp³-hybridized carbons (Fsp3) is 0.476. The maximum absolute atomic E-state index is 13.4. The molecular formula is C21H26ClN5O3. The van der Waals surface area contributed by atoms with Crippen molar-refractivity contribution in [2.45, 2.75) is 45.9 Å². The van der Waals surface area contributed by atoms with E-state index in [0.717, 1.165) is 12.2 Å². The van der Waals surface area contributed by atoms with E-state index in [0.29, 0.717) is 29.5 Å². The van der Waals surface area contributed by atoms with Gasteiger partial charge in [0.05, 0.1) is 23.6 Å². The van der Waals surface area contributed by atoms with Gasteiger partial charge in [-0.05, 0) is 45.9 Å². The summed E-state index contributed by atoms with van der Waals surface area (Å²) in [6, 6.07) is 5.47. The number of ether oxygens (including phenoxy) is 1. The quantitative estimate of drug-likeness (QED) is 0.701. The molecule has 9 heteroatoms. The Hall–Kier alpha value is -2.58. The number of esters is 1. The molecule has 4 rings (SSSR count). The number of carbonyl (C=O) groups is 2. The molecule has 1 fully saturated rings. The molecule has 30 heavy (non-hydrogen) atoms. The van der Waals surface area contributed by atoms with Gasteiger partial charge in [0.1, 0.15) is 11.9 Å². The highest BCUT2D eigenvalue weighted by atomic mass is 35.5. The Morgan fingerprint density at radius 1 is 1.27 bits per heavy atom. The van der Waals surface area contributed by atoms with Gasteiger partial charge in [-0.3, -0.25) is 9.47 Å². The van der Waals surface area contributed by atoms with Gasteiger partial charge in [0.2, 0.25) is 0 Å². The summed E-state index contributed by atoms with van der Waals surface area (Å²) in [6.07, 6.45) is 1.59. The lowest BCUT2D eigenvalue weighted by molar-refractivity contribution is 0.00619. The van der Waals surface area contributed by atoms with E-state index >= 15 is 0 Å². The molecule has 2 aliphatic rings. The third-order valence-corrected chi connectivity index (χ3v) is 5.36. The van der Waals surface area contributed by atoms with Crippen LogP contribution in [0, 0.1) is 0 Å². The van der Waals surface area contributed by atoms with Crippen molar-refractivity contribution in [1.82, 2.24) is 19.8 Å². The molecule has 2 aliphatic heterocycles. The maximum Gasteiger partial charge on any atom is 0.359 e. The number of hydrogen-bond donors (Lipinski definition) is 1. The van der Waals surface area contributed by atoms with Crippen molar-refractivity contribution in [2.24, 2.45) is 0 Å². The van der Waals surface area contributed by atoms with Gasteiger partial charge >= 0.3 is 12.0 Å². The molecule has 3 heterocycles. The Morgan fingerprint density at radius 2 is 2.03 bits per heavy atom. The SMILES string of the molecule is C[C@H]1CN(C(=O)N2Cc3c(C(=O)OC(C)(C)C)ncn3-c3ccc(Cl)cc32)CCN1. The number of nitrogens with zero attached hydrogens (tertiary/aromatic N) is 4. The second kappa shape index (κ2) is 7.59. The molecule has 1 saturated heterocycles. The Balaban J connectivity index is 1.74. The van der Waals surface area contributed by atoms with Crippen LogP contribution < -0.4 is 10.2 Å². The first kappa shape index (κ1) is 20.7. The van der Waals surface area contributed by atoms with Crippen LogP contribution in [0.15, 0.2) is 24.5 Å². The van der Waals surface area contributed by atoms with E-state index in [4.69, 9.17) is 16.3 Å². The number of halogens is 1. The van der Waals surface area contributed by atoms with Crippen molar-refractivity contribution in [3.8, 4) is 5.69 Å². The van der Waals surface area contributed by atoms with Crippen LogP contribution in [-0.2, 0) is 11.3 Å². The van der Waals surface area contributed by atoms with Crippen LogP contribution >= 0.6 is 11.6 Å². The summed E-state index contributed by atoms with van der Waals surface area (Å²) < 4.78 is 7.35. The largest absolute Gasteiger partial charge is 0.455 e.